The number of hydrogen-bond donors (Lipinski definition) is 1. The molecule has 2 rings (SSSR count). The summed E-state index contributed by atoms with van der Waals surface area (Å²) in [4.78, 5) is 4.48. The van der Waals surface area contributed by atoms with E-state index in [1.165, 1.54) is 6.07 Å². The number of hydrogen-bond acceptors (Lipinski definition) is 2. The van der Waals surface area contributed by atoms with Gasteiger partial charge in [-0.1, -0.05) is 44.0 Å². The van der Waals surface area contributed by atoms with Crippen molar-refractivity contribution in [1.82, 2.24) is 4.98 Å². The van der Waals surface area contributed by atoms with Crippen molar-refractivity contribution in [2.24, 2.45) is 0 Å². The van der Waals surface area contributed by atoms with Crippen LogP contribution in [0.25, 0.3) is 10.9 Å². The van der Waals surface area contributed by atoms with Crippen molar-refractivity contribution < 1.29 is 4.39 Å². The molecule has 1 N–H and O–H groups in total. The van der Waals surface area contributed by atoms with E-state index in [1.54, 1.807) is 7.05 Å². The van der Waals surface area contributed by atoms with Crippen molar-refractivity contribution in [3.63, 3.8) is 0 Å². The highest BCUT2D eigenvalue weighted by Crippen LogP contribution is 2.36. The standard InChI is InChI=1S/C14H15Cl2FN2/c1-14(2,3)8-5-7-10(19-13(8)18-4)6-9(15)12(17)11(7)16/h5-6H,1-4H3,(H,18,19). The maximum Gasteiger partial charge on any atom is 0.161 e. The first kappa shape index (κ1) is 14.4. The molecule has 19 heavy (non-hydrogen) atoms. The van der Waals surface area contributed by atoms with Crippen LogP contribution in [-0.2, 0) is 5.41 Å². The molecule has 1 aromatic carbocycles. The maximum absolute atomic E-state index is 13.8. The summed E-state index contributed by atoms with van der Waals surface area (Å²) in [5.41, 5.74) is 1.43. The fraction of sp³-hybridized carbons (Fsp3) is 0.357. The fourth-order valence-electron chi connectivity index (χ4n) is 1.98. The highest BCUT2D eigenvalue weighted by Gasteiger charge is 2.21. The predicted molar refractivity (Wildman–Crippen MR) is 80.0 cm³/mol. The third-order valence-corrected chi connectivity index (χ3v) is 3.64. The average molecular weight is 301 g/mol. The van der Waals surface area contributed by atoms with Gasteiger partial charge in [0.2, 0.25) is 0 Å². The molecule has 2 nitrogen and oxygen atoms in total. The number of pyridine rings is 1. The van der Waals surface area contributed by atoms with E-state index in [4.69, 9.17) is 23.2 Å². The molecule has 0 saturated carbocycles. The van der Waals surface area contributed by atoms with Gasteiger partial charge in [-0.15, -0.1) is 0 Å². The molecule has 0 spiro atoms. The van der Waals surface area contributed by atoms with Crippen LogP contribution >= 0.6 is 23.2 Å². The lowest BCUT2D eigenvalue weighted by molar-refractivity contribution is 0.590. The van der Waals surface area contributed by atoms with E-state index in [2.05, 4.69) is 31.1 Å². The smallest absolute Gasteiger partial charge is 0.161 e. The van der Waals surface area contributed by atoms with Gasteiger partial charge < -0.3 is 5.32 Å². The lowest BCUT2D eigenvalue weighted by atomic mass is 9.86. The maximum atomic E-state index is 13.8. The van der Waals surface area contributed by atoms with E-state index in [0.717, 1.165) is 11.4 Å². The highest BCUT2D eigenvalue weighted by atomic mass is 35.5. The molecule has 0 unspecified atom stereocenters. The van der Waals surface area contributed by atoms with Crippen molar-refractivity contribution in [2.45, 2.75) is 26.2 Å². The largest absolute Gasteiger partial charge is 0.373 e. The van der Waals surface area contributed by atoms with Crippen molar-refractivity contribution in [3.05, 3.63) is 33.6 Å². The van der Waals surface area contributed by atoms with Crippen LogP contribution in [0.15, 0.2) is 12.1 Å². The number of nitrogens with zero attached hydrogens (tertiary/aromatic N) is 1. The molecule has 102 valence electrons. The van der Waals surface area contributed by atoms with E-state index in [-0.39, 0.29) is 15.5 Å². The molecule has 0 bridgehead atoms. The van der Waals surface area contributed by atoms with Gasteiger partial charge in [0.15, 0.2) is 5.82 Å². The predicted octanol–water partition coefficient (Wildman–Crippen LogP) is 5.02. The van der Waals surface area contributed by atoms with Crippen molar-refractivity contribution in [3.8, 4) is 0 Å². The molecule has 0 atom stereocenters. The second kappa shape index (κ2) is 4.80. The normalized spacial score (nSPS) is 11.9. The Morgan fingerprint density at radius 3 is 2.37 bits per heavy atom. The molecular weight excluding hydrogens is 286 g/mol. The van der Waals surface area contributed by atoms with Gasteiger partial charge in [0.05, 0.1) is 15.6 Å². The monoisotopic (exact) mass is 300 g/mol. The van der Waals surface area contributed by atoms with Crippen molar-refractivity contribution in [1.29, 1.82) is 0 Å². The number of fused-ring (bicyclic) bond motifs is 1. The Labute approximate surface area is 121 Å². The third kappa shape index (κ3) is 2.49. The Kier molecular flexibility index (Phi) is 3.63. The summed E-state index contributed by atoms with van der Waals surface area (Å²) < 4.78 is 13.8. The zero-order valence-corrected chi connectivity index (χ0v) is 12.7. The van der Waals surface area contributed by atoms with Gasteiger partial charge in [0.25, 0.3) is 0 Å². The molecule has 0 amide bonds. The summed E-state index contributed by atoms with van der Waals surface area (Å²) in [6, 6.07) is 3.36. The molecule has 5 heteroatoms. The second-order valence-electron chi connectivity index (χ2n) is 5.44. The lowest BCUT2D eigenvalue weighted by Gasteiger charge is -2.23. The van der Waals surface area contributed by atoms with Crippen LogP contribution in [0.2, 0.25) is 10.0 Å². The molecular formula is C14H15Cl2FN2. The van der Waals surface area contributed by atoms with Gasteiger partial charge >= 0.3 is 0 Å². The number of benzene rings is 1. The molecule has 0 saturated heterocycles. The fourth-order valence-corrected chi connectivity index (χ4v) is 2.48. The van der Waals surface area contributed by atoms with E-state index in [9.17, 15) is 4.39 Å². The van der Waals surface area contributed by atoms with Gasteiger partial charge in [0.1, 0.15) is 5.82 Å². The molecule has 0 aliphatic heterocycles. The van der Waals surface area contributed by atoms with Crippen LogP contribution in [0.4, 0.5) is 10.2 Å². The van der Waals surface area contributed by atoms with Crippen LogP contribution < -0.4 is 5.32 Å². The van der Waals surface area contributed by atoms with Gasteiger partial charge in [-0.25, -0.2) is 9.37 Å². The number of halogens is 3. The summed E-state index contributed by atoms with van der Waals surface area (Å²) >= 11 is 11.8. The third-order valence-electron chi connectivity index (χ3n) is 3.00. The van der Waals surface area contributed by atoms with Gasteiger partial charge in [0, 0.05) is 18.0 Å². The minimum Gasteiger partial charge on any atom is -0.373 e. The Hall–Kier alpha value is -1.06. The SMILES string of the molecule is CNc1nc2cc(Cl)c(F)c(Cl)c2cc1C(C)(C)C. The van der Waals surface area contributed by atoms with E-state index < -0.39 is 5.82 Å². The van der Waals surface area contributed by atoms with E-state index >= 15 is 0 Å². The summed E-state index contributed by atoms with van der Waals surface area (Å²) in [5, 5.41) is 3.63. The minimum atomic E-state index is -0.602. The first-order chi connectivity index (χ1) is 8.75. The molecule has 0 radical (unpaired) electrons. The Balaban J connectivity index is 2.87. The lowest BCUT2D eigenvalue weighted by Crippen LogP contribution is -2.15. The van der Waals surface area contributed by atoms with Gasteiger partial charge in [-0.2, -0.15) is 0 Å². The quantitative estimate of drug-likeness (QED) is 0.748. The van der Waals surface area contributed by atoms with E-state index in [1.807, 2.05) is 6.07 Å². The zero-order valence-electron chi connectivity index (χ0n) is 11.2. The molecule has 0 fully saturated rings. The van der Waals surface area contributed by atoms with Crippen molar-refractivity contribution in [2.75, 3.05) is 12.4 Å². The Bertz CT molecular complexity index is 648. The Morgan fingerprint density at radius 2 is 1.84 bits per heavy atom. The topological polar surface area (TPSA) is 24.9 Å². The highest BCUT2D eigenvalue weighted by molar-refractivity contribution is 6.38. The summed E-state index contributed by atoms with van der Waals surface area (Å²) in [7, 11) is 1.80. The number of nitrogens with one attached hydrogen (secondary N) is 1. The minimum absolute atomic E-state index is 0.0168. The number of aromatic nitrogens is 1. The van der Waals surface area contributed by atoms with Gasteiger partial charge in [-0.3, -0.25) is 0 Å². The number of rotatable bonds is 1. The summed E-state index contributed by atoms with van der Waals surface area (Å²) in [6.45, 7) is 6.20. The summed E-state index contributed by atoms with van der Waals surface area (Å²) in [6.07, 6.45) is 0. The van der Waals surface area contributed by atoms with Crippen LogP contribution in [-0.4, -0.2) is 12.0 Å². The molecule has 1 heterocycles. The average Bonchev–Trinajstić information content (AvgIpc) is 2.33. The van der Waals surface area contributed by atoms with Crippen LogP contribution in [0, 0.1) is 5.82 Å². The first-order valence-corrected chi connectivity index (χ1v) is 6.67. The molecule has 2 aromatic rings. The zero-order chi connectivity index (χ0) is 14.4. The molecule has 1 aromatic heterocycles. The Morgan fingerprint density at radius 1 is 1.21 bits per heavy atom. The number of anilines is 1. The summed E-state index contributed by atoms with van der Waals surface area (Å²) in [5.74, 6) is 0.147. The van der Waals surface area contributed by atoms with Crippen LogP contribution in [0.5, 0.6) is 0 Å². The van der Waals surface area contributed by atoms with Crippen molar-refractivity contribution >= 4 is 39.9 Å². The van der Waals surface area contributed by atoms with E-state index in [0.29, 0.717) is 10.9 Å². The van der Waals surface area contributed by atoms with Crippen LogP contribution in [0.1, 0.15) is 26.3 Å². The van der Waals surface area contributed by atoms with Gasteiger partial charge in [-0.05, 0) is 17.5 Å². The molecule has 0 aliphatic rings. The molecule has 0 aliphatic carbocycles. The second-order valence-corrected chi connectivity index (χ2v) is 6.22. The first-order valence-electron chi connectivity index (χ1n) is 5.92. The van der Waals surface area contributed by atoms with Crippen LogP contribution in [0.3, 0.4) is 0 Å².